The third kappa shape index (κ3) is 5.73. The minimum Gasteiger partial charge on any atom is -0.334 e. The normalized spacial score (nSPS) is 16.9. The number of piperidine rings is 1. The number of benzene rings is 2. The summed E-state index contributed by atoms with van der Waals surface area (Å²) in [6.45, 7) is 0.761. The highest BCUT2D eigenvalue weighted by atomic mass is 19.4. The molecule has 2 aromatic rings. The summed E-state index contributed by atoms with van der Waals surface area (Å²) < 4.78 is 38.4. The van der Waals surface area contributed by atoms with Crippen molar-refractivity contribution in [3.63, 3.8) is 0 Å². The smallest absolute Gasteiger partial charge is 0.334 e. The number of nitrogens with zero attached hydrogens (tertiary/aromatic N) is 1. The molecule has 0 bridgehead atoms. The third-order valence-corrected chi connectivity index (χ3v) is 4.82. The van der Waals surface area contributed by atoms with Gasteiger partial charge in [-0.05, 0) is 42.7 Å². The van der Waals surface area contributed by atoms with Crippen LogP contribution in [-0.4, -0.2) is 29.9 Å². The quantitative estimate of drug-likeness (QED) is 0.798. The molecule has 0 spiro atoms. The molecule has 154 valence electrons. The molecule has 1 aliphatic rings. The van der Waals surface area contributed by atoms with Gasteiger partial charge in [-0.2, -0.15) is 13.2 Å². The van der Waals surface area contributed by atoms with Crippen LogP contribution < -0.4 is 10.6 Å². The van der Waals surface area contributed by atoms with Crippen LogP contribution in [0.1, 0.15) is 24.0 Å². The lowest BCUT2D eigenvalue weighted by Gasteiger charge is -2.32. The fraction of sp³-hybridized carbons (Fsp3) is 0.333. The van der Waals surface area contributed by atoms with E-state index in [0.29, 0.717) is 30.6 Å². The highest BCUT2D eigenvalue weighted by Crippen LogP contribution is 2.29. The Morgan fingerprint density at radius 1 is 1.07 bits per heavy atom. The van der Waals surface area contributed by atoms with Gasteiger partial charge in [0.05, 0.1) is 11.5 Å². The molecule has 3 amide bonds. The van der Waals surface area contributed by atoms with Crippen LogP contribution in [0.3, 0.4) is 0 Å². The van der Waals surface area contributed by atoms with E-state index in [9.17, 15) is 22.8 Å². The number of hydrogen-bond acceptors (Lipinski definition) is 2. The van der Waals surface area contributed by atoms with Crippen molar-refractivity contribution in [2.45, 2.75) is 25.6 Å². The van der Waals surface area contributed by atoms with E-state index < -0.39 is 11.7 Å². The van der Waals surface area contributed by atoms with E-state index in [2.05, 4.69) is 10.6 Å². The van der Waals surface area contributed by atoms with Gasteiger partial charge in [0, 0.05) is 25.3 Å². The van der Waals surface area contributed by atoms with E-state index in [0.717, 1.165) is 12.1 Å². The van der Waals surface area contributed by atoms with Crippen molar-refractivity contribution >= 4 is 17.6 Å². The number of carbonyl (C=O) groups is 2. The topological polar surface area (TPSA) is 61.4 Å². The Balaban J connectivity index is 1.54. The molecule has 1 aliphatic heterocycles. The lowest BCUT2D eigenvalue weighted by molar-refractivity contribution is -0.137. The first kappa shape index (κ1) is 20.7. The van der Waals surface area contributed by atoms with E-state index >= 15 is 0 Å². The van der Waals surface area contributed by atoms with E-state index in [1.54, 1.807) is 12.1 Å². The molecule has 0 aliphatic carbocycles. The highest BCUT2D eigenvalue weighted by Gasteiger charge is 2.31. The monoisotopic (exact) mass is 405 g/mol. The van der Waals surface area contributed by atoms with E-state index in [4.69, 9.17) is 0 Å². The maximum Gasteiger partial charge on any atom is 0.416 e. The fourth-order valence-electron chi connectivity index (χ4n) is 3.29. The van der Waals surface area contributed by atoms with Crippen molar-refractivity contribution in [1.82, 2.24) is 10.2 Å². The summed E-state index contributed by atoms with van der Waals surface area (Å²) >= 11 is 0. The minimum atomic E-state index is -4.42. The van der Waals surface area contributed by atoms with Gasteiger partial charge in [0.1, 0.15) is 0 Å². The van der Waals surface area contributed by atoms with E-state index in [1.165, 1.54) is 17.0 Å². The summed E-state index contributed by atoms with van der Waals surface area (Å²) in [5.74, 6) is -0.477. The first-order valence-corrected chi connectivity index (χ1v) is 9.38. The second-order valence-corrected chi connectivity index (χ2v) is 7.00. The van der Waals surface area contributed by atoms with E-state index in [-0.39, 0.29) is 30.9 Å². The molecule has 1 fully saturated rings. The Labute approximate surface area is 166 Å². The summed E-state index contributed by atoms with van der Waals surface area (Å²) in [5.41, 5.74) is 0.312. The molecule has 5 nitrogen and oxygen atoms in total. The molecular formula is C21H22F3N3O2. The van der Waals surface area contributed by atoms with E-state index in [1.807, 2.05) is 18.2 Å². The second-order valence-electron chi connectivity index (χ2n) is 7.00. The number of nitrogens with one attached hydrogen (secondary N) is 2. The van der Waals surface area contributed by atoms with Crippen LogP contribution in [0, 0.1) is 5.92 Å². The molecule has 3 rings (SSSR count). The van der Waals surface area contributed by atoms with Gasteiger partial charge in [0.2, 0.25) is 5.91 Å². The predicted molar refractivity (Wildman–Crippen MR) is 103 cm³/mol. The first-order chi connectivity index (χ1) is 13.8. The van der Waals surface area contributed by atoms with Crippen molar-refractivity contribution < 1.29 is 22.8 Å². The molecule has 1 atom stereocenters. The average molecular weight is 405 g/mol. The number of halogens is 3. The second kappa shape index (κ2) is 8.98. The van der Waals surface area contributed by atoms with Crippen LogP contribution in [0.4, 0.5) is 23.7 Å². The Hall–Kier alpha value is -3.03. The highest BCUT2D eigenvalue weighted by molar-refractivity contribution is 5.93. The molecule has 2 N–H and O–H groups in total. The molecule has 0 aromatic heterocycles. The third-order valence-electron chi connectivity index (χ3n) is 4.82. The summed E-state index contributed by atoms with van der Waals surface area (Å²) in [4.78, 5) is 26.4. The largest absolute Gasteiger partial charge is 0.416 e. The van der Waals surface area contributed by atoms with Gasteiger partial charge in [-0.25, -0.2) is 4.79 Å². The number of likely N-dealkylation sites (tertiary alicyclic amines) is 1. The van der Waals surface area contributed by atoms with Crippen LogP contribution in [0.5, 0.6) is 0 Å². The molecule has 8 heteroatoms. The number of anilines is 1. The van der Waals surface area contributed by atoms with Gasteiger partial charge >= 0.3 is 12.2 Å². The van der Waals surface area contributed by atoms with Crippen LogP contribution in [-0.2, 0) is 17.5 Å². The maximum atomic E-state index is 12.8. The number of alkyl halides is 3. The first-order valence-electron chi connectivity index (χ1n) is 9.38. The van der Waals surface area contributed by atoms with Crippen LogP contribution in [0.25, 0.3) is 0 Å². The molecule has 0 radical (unpaired) electrons. The predicted octanol–water partition coefficient (Wildman–Crippen LogP) is 4.27. The lowest BCUT2D eigenvalue weighted by atomic mass is 9.97. The van der Waals surface area contributed by atoms with Crippen molar-refractivity contribution in [3.05, 3.63) is 65.7 Å². The Morgan fingerprint density at radius 2 is 1.83 bits per heavy atom. The van der Waals surface area contributed by atoms with Gasteiger partial charge in [-0.3, -0.25) is 4.79 Å². The van der Waals surface area contributed by atoms with Gasteiger partial charge in [0.15, 0.2) is 0 Å². The standard InChI is InChI=1S/C21H22F3N3O2/c22-21(23,24)17-8-4-6-15(12-17)13-25-20(29)27-11-5-7-16(14-27)19(28)26-18-9-2-1-3-10-18/h1-4,6,8-10,12,16H,5,7,11,13-14H2,(H,25,29)(H,26,28)/t16-/m0/s1. The fourth-order valence-corrected chi connectivity index (χ4v) is 3.29. The summed E-state index contributed by atoms with van der Waals surface area (Å²) in [7, 11) is 0. The zero-order valence-corrected chi connectivity index (χ0v) is 15.7. The Morgan fingerprint density at radius 3 is 2.55 bits per heavy atom. The number of amides is 3. The summed E-state index contributed by atoms with van der Waals surface area (Å²) in [6.07, 6.45) is -3.06. The number of para-hydroxylation sites is 1. The number of urea groups is 1. The summed E-state index contributed by atoms with van der Waals surface area (Å²) in [5, 5.41) is 5.49. The van der Waals surface area contributed by atoms with Crippen molar-refractivity contribution in [2.24, 2.45) is 5.92 Å². The van der Waals surface area contributed by atoms with Crippen LogP contribution in [0.2, 0.25) is 0 Å². The van der Waals surface area contributed by atoms with Crippen LogP contribution in [0.15, 0.2) is 54.6 Å². The molecule has 2 aromatic carbocycles. The SMILES string of the molecule is O=C(Nc1ccccc1)[C@H]1CCCN(C(=O)NCc2cccc(C(F)(F)F)c2)C1. The molecule has 0 unspecified atom stereocenters. The number of carbonyl (C=O) groups excluding carboxylic acids is 2. The maximum absolute atomic E-state index is 12.8. The Bertz CT molecular complexity index is 856. The number of rotatable bonds is 4. The van der Waals surface area contributed by atoms with Gasteiger partial charge in [0.25, 0.3) is 0 Å². The van der Waals surface area contributed by atoms with Gasteiger partial charge in [-0.1, -0.05) is 30.3 Å². The lowest BCUT2D eigenvalue weighted by Crippen LogP contribution is -2.47. The summed E-state index contributed by atoms with van der Waals surface area (Å²) in [6, 6.07) is 13.6. The number of hydrogen-bond donors (Lipinski definition) is 2. The molecule has 29 heavy (non-hydrogen) atoms. The van der Waals surface area contributed by atoms with Crippen molar-refractivity contribution in [2.75, 3.05) is 18.4 Å². The van der Waals surface area contributed by atoms with Gasteiger partial charge in [-0.15, -0.1) is 0 Å². The van der Waals surface area contributed by atoms with Gasteiger partial charge < -0.3 is 15.5 Å². The zero-order valence-electron chi connectivity index (χ0n) is 15.7. The molecular weight excluding hydrogens is 383 g/mol. The minimum absolute atomic E-state index is 0.0138. The zero-order chi connectivity index (χ0) is 20.9. The average Bonchev–Trinajstić information content (AvgIpc) is 2.72. The Kier molecular flexibility index (Phi) is 6.41. The molecule has 1 heterocycles. The molecule has 1 saturated heterocycles. The van der Waals surface area contributed by atoms with Crippen LogP contribution >= 0.6 is 0 Å². The van der Waals surface area contributed by atoms with Crippen molar-refractivity contribution in [3.8, 4) is 0 Å². The van der Waals surface area contributed by atoms with Crippen molar-refractivity contribution in [1.29, 1.82) is 0 Å². The molecule has 0 saturated carbocycles.